The van der Waals surface area contributed by atoms with Crippen LogP contribution in [0, 0.1) is 0 Å². The van der Waals surface area contributed by atoms with Crippen molar-refractivity contribution in [3.05, 3.63) is 54.1 Å². The number of amides is 1. The fourth-order valence-corrected chi connectivity index (χ4v) is 2.78. The number of carboxylic acid groups (broad SMARTS) is 1. The van der Waals surface area contributed by atoms with Crippen LogP contribution in [0.5, 0.6) is 0 Å². The van der Waals surface area contributed by atoms with Crippen molar-refractivity contribution < 1.29 is 19.1 Å². The van der Waals surface area contributed by atoms with E-state index in [4.69, 9.17) is 0 Å². The molecule has 102 valence electrons. The molecule has 0 fully saturated rings. The average Bonchev–Trinajstić information content (AvgIpc) is 2.82. The van der Waals surface area contributed by atoms with Gasteiger partial charge in [-0.1, -0.05) is 30.4 Å². The molecule has 0 radical (unpaired) electrons. The van der Waals surface area contributed by atoms with Crippen LogP contribution in [-0.2, 0) is 11.2 Å². The standard InChI is InChI=1S/C15H12FNO3/c16-15(8-4-3-7-13(15)18)12-9-10-5-1-2-6-11(10)17(12)14(19)20/h1-8,12H,9H2,(H,19,20). The number of anilines is 1. The summed E-state index contributed by atoms with van der Waals surface area (Å²) in [6.07, 6.45) is 4.10. The number of carbonyl (C=O) groups excluding carboxylic acids is 1. The maximum Gasteiger partial charge on any atom is 0.412 e. The minimum atomic E-state index is -2.31. The fourth-order valence-electron chi connectivity index (χ4n) is 2.78. The van der Waals surface area contributed by atoms with Crippen molar-refractivity contribution >= 4 is 17.6 Å². The lowest BCUT2D eigenvalue weighted by molar-refractivity contribution is -0.123. The Labute approximate surface area is 114 Å². The monoisotopic (exact) mass is 273 g/mol. The van der Waals surface area contributed by atoms with Crippen molar-refractivity contribution in [2.45, 2.75) is 18.1 Å². The van der Waals surface area contributed by atoms with Gasteiger partial charge in [0.2, 0.25) is 5.67 Å². The van der Waals surface area contributed by atoms with Gasteiger partial charge in [-0.2, -0.15) is 0 Å². The Balaban J connectivity index is 2.08. The summed E-state index contributed by atoms with van der Waals surface area (Å²) < 4.78 is 15.1. The van der Waals surface area contributed by atoms with Crippen molar-refractivity contribution in [2.24, 2.45) is 0 Å². The van der Waals surface area contributed by atoms with E-state index >= 15 is 4.39 Å². The molecule has 2 atom stereocenters. The number of hydrogen-bond donors (Lipinski definition) is 1. The second-order valence-corrected chi connectivity index (χ2v) is 4.85. The zero-order chi connectivity index (χ0) is 14.3. The van der Waals surface area contributed by atoms with Gasteiger partial charge in [0.15, 0.2) is 5.78 Å². The number of fused-ring (bicyclic) bond motifs is 1. The summed E-state index contributed by atoms with van der Waals surface area (Å²) in [7, 11) is 0. The third kappa shape index (κ3) is 1.66. The largest absolute Gasteiger partial charge is 0.465 e. The van der Waals surface area contributed by atoms with E-state index in [9.17, 15) is 14.7 Å². The van der Waals surface area contributed by atoms with Crippen LogP contribution >= 0.6 is 0 Å². The highest BCUT2D eigenvalue weighted by Gasteiger charge is 2.51. The lowest BCUT2D eigenvalue weighted by Crippen LogP contribution is -2.54. The second-order valence-electron chi connectivity index (χ2n) is 4.85. The first kappa shape index (κ1) is 12.6. The first-order chi connectivity index (χ1) is 9.54. The fraction of sp³-hybridized carbons (Fsp3) is 0.200. The number of carbonyl (C=O) groups is 2. The van der Waals surface area contributed by atoms with E-state index in [0.717, 1.165) is 22.6 Å². The number of para-hydroxylation sites is 1. The number of nitrogens with zero attached hydrogens (tertiary/aromatic N) is 1. The van der Waals surface area contributed by atoms with E-state index in [1.54, 1.807) is 24.3 Å². The smallest absolute Gasteiger partial charge is 0.412 e. The van der Waals surface area contributed by atoms with E-state index in [1.807, 2.05) is 0 Å². The van der Waals surface area contributed by atoms with Crippen LogP contribution < -0.4 is 4.90 Å². The van der Waals surface area contributed by atoms with Crippen LogP contribution in [-0.4, -0.2) is 28.7 Å². The predicted molar refractivity (Wildman–Crippen MR) is 71.6 cm³/mol. The minimum absolute atomic E-state index is 0.183. The van der Waals surface area contributed by atoms with E-state index in [2.05, 4.69) is 0 Å². The molecule has 0 saturated heterocycles. The van der Waals surface area contributed by atoms with Gasteiger partial charge in [0.05, 0.1) is 11.7 Å². The molecule has 1 aromatic carbocycles. The van der Waals surface area contributed by atoms with Crippen LogP contribution in [0.3, 0.4) is 0 Å². The maximum absolute atomic E-state index is 15.1. The van der Waals surface area contributed by atoms with Crippen LogP contribution in [0.2, 0.25) is 0 Å². The molecule has 0 bridgehead atoms. The summed E-state index contributed by atoms with van der Waals surface area (Å²) in [5.74, 6) is -0.718. The molecule has 1 aliphatic carbocycles. The Morgan fingerprint density at radius 3 is 2.80 bits per heavy atom. The summed E-state index contributed by atoms with van der Waals surface area (Å²) in [6.45, 7) is 0. The Morgan fingerprint density at radius 2 is 2.10 bits per heavy atom. The second kappa shape index (κ2) is 4.30. The van der Waals surface area contributed by atoms with Crippen molar-refractivity contribution in [3.63, 3.8) is 0 Å². The number of halogens is 1. The molecule has 1 aromatic rings. The number of allylic oxidation sites excluding steroid dienone is 3. The molecule has 2 aliphatic rings. The molecule has 0 aromatic heterocycles. The summed E-state index contributed by atoms with van der Waals surface area (Å²) >= 11 is 0. The van der Waals surface area contributed by atoms with Crippen molar-refractivity contribution in [1.29, 1.82) is 0 Å². The van der Waals surface area contributed by atoms with Gasteiger partial charge < -0.3 is 5.11 Å². The lowest BCUT2D eigenvalue weighted by Gasteiger charge is -2.32. The molecule has 5 heteroatoms. The summed E-state index contributed by atoms with van der Waals surface area (Å²) in [4.78, 5) is 24.3. The minimum Gasteiger partial charge on any atom is -0.465 e. The molecule has 1 heterocycles. The molecule has 0 spiro atoms. The number of alkyl halides is 1. The Bertz CT molecular complexity index is 652. The molecule has 1 amide bonds. The predicted octanol–water partition coefficient (Wildman–Crippen LogP) is 2.50. The van der Waals surface area contributed by atoms with E-state index in [0.29, 0.717) is 5.69 Å². The Morgan fingerprint density at radius 1 is 1.35 bits per heavy atom. The van der Waals surface area contributed by atoms with Gasteiger partial charge in [-0.05, 0) is 30.2 Å². The molecule has 4 nitrogen and oxygen atoms in total. The van der Waals surface area contributed by atoms with E-state index in [-0.39, 0.29) is 6.42 Å². The van der Waals surface area contributed by atoms with Crippen LogP contribution in [0.15, 0.2) is 48.6 Å². The van der Waals surface area contributed by atoms with Crippen LogP contribution in [0.4, 0.5) is 14.9 Å². The zero-order valence-electron chi connectivity index (χ0n) is 10.5. The third-order valence-corrected chi connectivity index (χ3v) is 3.74. The van der Waals surface area contributed by atoms with Crippen molar-refractivity contribution in [2.75, 3.05) is 4.90 Å². The van der Waals surface area contributed by atoms with E-state index in [1.165, 1.54) is 12.2 Å². The summed E-state index contributed by atoms with van der Waals surface area (Å²) in [6, 6.07) is 5.78. The van der Waals surface area contributed by atoms with Gasteiger partial charge >= 0.3 is 6.09 Å². The van der Waals surface area contributed by atoms with Gasteiger partial charge in [-0.3, -0.25) is 9.69 Å². The van der Waals surface area contributed by atoms with Crippen LogP contribution in [0.1, 0.15) is 5.56 Å². The van der Waals surface area contributed by atoms with Gasteiger partial charge in [0.25, 0.3) is 0 Å². The van der Waals surface area contributed by atoms with Crippen LogP contribution in [0.25, 0.3) is 0 Å². The maximum atomic E-state index is 15.1. The third-order valence-electron chi connectivity index (χ3n) is 3.74. The molecular formula is C15H12FNO3. The highest BCUT2D eigenvalue weighted by Crippen LogP contribution is 2.40. The van der Waals surface area contributed by atoms with Gasteiger partial charge in [-0.15, -0.1) is 0 Å². The first-order valence-corrected chi connectivity index (χ1v) is 6.23. The SMILES string of the molecule is O=C(O)N1c2ccccc2CC1C1(F)C=CC=CC1=O. The quantitative estimate of drug-likeness (QED) is 0.855. The number of rotatable bonds is 1. The Hall–Kier alpha value is -2.43. The van der Waals surface area contributed by atoms with Crippen molar-refractivity contribution in [1.82, 2.24) is 0 Å². The molecular weight excluding hydrogens is 261 g/mol. The Kier molecular flexibility index (Phi) is 2.71. The molecule has 20 heavy (non-hydrogen) atoms. The molecule has 1 aliphatic heterocycles. The number of hydrogen-bond acceptors (Lipinski definition) is 2. The average molecular weight is 273 g/mol. The molecule has 2 unspecified atom stereocenters. The van der Waals surface area contributed by atoms with Crippen molar-refractivity contribution in [3.8, 4) is 0 Å². The summed E-state index contributed by atoms with van der Waals surface area (Å²) in [5, 5.41) is 9.37. The number of ketones is 1. The highest BCUT2D eigenvalue weighted by molar-refractivity contribution is 6.03. The molecule has 0 saturated carbocycles. The normalized spacial score (nSPS) is 27.8. The summed E-state index contributed by atoms with van der Waals surface area (Å²) in [5.41, 5.74) is -1.14. The van der Waals surface area contributed by atoms with E-state index < -0.39 is 23.6 Å². The van der Waals surface area contributed by atoms with Gasteiger partial charge in [0.1, 0.15) is 0 Å². The van der Waals surface area contributed by atoms with Gasteiger partial charge in [0, 0.05) is 0 Å². The number of benzene rings is 1. The topological polar surface area (TPSA) is 57.6 Å². The first-order valence-electron chi connectivity index (χ1n) is 6.23. The molecule has 1 N–H and O–H groups in total. The lowest BCUT2D eigenvalue weighted by atomic mass is 9.86. The molecule has 3 rings (SSSR count). The van der Waals surface area contributed by atoms with Gasteiger partial charge in [-0.25, -0.2) is 9.18 Å². The zero-order valence-corrected chi connectivity index (χ0v) is 10.5. The highest BCUT2D eigenvalue weighted by atomic mass is 19.1.